The maximum atomic E-state index is 5.98. The van der Waals surface area contributed by atoms with Crippen LogP contribution in [0.1, 0.15) is 0 Å². The summed E-state index contributed by atoms with van der Waals surface area (Å²) in [5.41, 5.74) is 1.81. The number of nitrogens with zero attached hydrogens (tertiary/aromatic N) is 4. The molecule has 3 rings (SSSR count). The predicted molar refractivity (Wildman–Crippen MR) is 74.9 cm³/mol. The van der Waals surface area contributed by atoms with Gasteiger partial charge in [-0.2, -0.15) is 4.98 Å². The van der Waals surface area contributed by atoms with E-state index in [-0.39, 0.29) is 10.4 Å². The summed E-state index contributed by atoms with van der Waals surface area (Å²) in [6.45, 7) is 0. The minimum Gasteiger partial charge on any atom is -0.338 e. The van der Waals surface area contributed by atoms with E-state index < -0.39 is 0 Å². The molecule has 7 heteroatoms. The first-order chi connectivity index (χ1) is 9.24. The number of benzene rings is 1. The highest BCUT2D eigenvalue weighted by atomic mass is 35.5. The summed E-state index contributed by atoms with van der Waals surface area (Å²) in [5.74, 6) is 0.491. The van der Waals surface area contributed by atoms with E-state index in [9.17, 15) is 0 Å². The Bertz CT molecular complexity index is 733. The van der Waals surface area contributed by atoms with Crippen LogP contribution in [0.2, 0.25) is 10.4 Å². The first-order valence-electron chi connectivity index (χ1n) is 5.40. The van der Waals surface area contributed by atoms with E-state index >= 15 is 0 Å². The number of fused-ring (bicyclic) bond motifs is 1. The fourth-order valence-electron chi connectivity index (χ4n) is 1.64. The van der Waals surface area contributed by atoms with Gasteiger partial charge in [0.25, 0.3) is 0 Å². The Kier molecular flexibility index (Phi) is 3.15. The van der Waals surface area contributed by atoms with Gasteiger partial charge in [-0.05, 0) is 23.7 Å². The average molecular weight is 292 g/mol. The Labute approximate surface area is 118 Å². The third-order valence-electron chi connectivity index (χ3n) is 2.45. The third-order valence-corrected chi connectivity index (χ3v) is 2.89. The molecular formula is C12H7Cl2N5. The molecule has 0 bridgehead atoms. The molecule has 0 atom stereocenters. The number of hydrogen-bond donors (Lipinski definition) is 1. The normalized spacial score (nSPS) is 10.6. The van der Waals surface area contributed by atoms with Crippen LogP contribution in [0.4, 0.5) is 11.5 Å². The van der Waals surface area contributed by atoms with E-state index in [1.165, 1.54) is 6.33 Å². The summed E-state index contributed by atoms with van der Waals surface area (Å²) in [6, 6.07) is 9.56. The van der Waals surface area contributed by atoms with Gasteiger partial charge in [0.1, 0.15) is 17.4 Å². The van der Waals surface area contributed by atoms with Crippen molar-refractivity contribution in [3.63, 3.8) is 0 Å². The number of aromatic nitrogens is 4. The van der Waals surface area contributed by atoms with E-state index in [1.807, 2.05) is 30.3 Å². The van der Waals surface area contributed by atoms with Crippen LogP contribution in [-0.4, -0.2) is 19.9 Å². The lowest BCUT2D eigenvalue weighted by atomic mass is 10.3. The van der Waals surface area contributed by atoms with Crippen molar-refractivity contribution in [2.75, 3.05) is 5.32 Å². The Hall–Kier alpha value is -1.98. The Morgan fingerprint density at radius 3 is 2.47 bits per heavy atom. The zero-order chi connectivity index (χ0) is 13.2. The third kappa shape index (κ3) is 2.43. The number of anilines is 2. The molecule has 0 aliphatic rings. The second-order valence-electron chi connectivity index (χ2n) is 3.69. The van der Waals surface area contributed by atoms with Crippen molar-refractivity contribution in [1.82, 2.24) is 19.9 Å². The van der Waals surface area contributed by atoms with Crippen LogP contribution in [0.15, 0.2) is 36.7 Å². The average Bonchev–Trinajstić information content (AvgIpc) is 2.41. The standard InChI is InChI=1S/C12H7Cl2N5/c13-10-8-9(15-6-16-10)11(19-12(14)18-8)17-7-4-2-1-3-5-7/h1-6H,(H,17,18,19). The lowest BCUT2D eigenvalue weighted by Crippen LogP contribution is -1.99. The second kappa shape index (κ2) is 4.95. The van der Waals surface area contributed by atoms with Crippen molar-refractivity contribution < 1.29 is 0 Å². The molecular weight excluding hydrogens is 285 g/mol. The van der Waals surface area contributed by atoms with Crippen LogP contribution in [0.5, 0.6) is 0 Å². The maximum absolute atomic E-state index is 5.98. The molecule has 0 amide bonds. The zero-order valence-electron chi connectivity index (χ0n) is 9.51. The predicted octanol–water partition coefficient (Wildman–Crippen LogP) is 3.47. The Morgan fingerprint density at radius 2 is 1.68 bits per heavy atom. The van der Waals surface area contributed by atoms with Gasteiger partial charge >= 0.3 is 0 Å². The summed E-state index contributed by atoms with van der Waals surface area (Å²) >= 11 is 11.9. The van der Waals surface area contributed by atoms with Crippen molar-refractivity contribution in [2.24, 2.45) is 0 Å². The van der Waals surface area contributed by atoms with Gasteiger partial charge in [0.15, 0.2) is 11.0 Å². The highest BCUT2D eigenvalue weighted by molar-refractivity contribution is 6.34. The number of nitrogens with one attached hydrogen (secondary N) is 1. The lowest BCUT2D eigenvalue weighted by molar-refractivity contribution is 1.15. The summed E-state index contributed by atoms with van der Waals surface area (Å²) in [5, 5.41) is 3.46. The van der Waals surface area contributed by atoms with Crippen LogP contribution in [0, 0.1) is 0 Å². The highest BCUT2D eigenvalue weighted by Crippen LogP contribution is 2.26. The molecule has 0 spiro atoms. The van der Waals surface area contributed by atoms with Crippen LogP contribution < -0.4 is 5.32 Å². The zero-order valence-corrected chi connectivity index (χ0v) is 11.0. The largest absolute Gasteiger partial charge is 0.338 e. The summed E-state index contributed by atoms with van der Waals surface area (Å²) in [7, 11) is 0. The molecule has 94 valence electrons. The van der Waals surface area contributed by atoms with Crippen LogP contribution in [-0.2, 0) is 0 Å². The van der Waals surface area contributed by atoms with Gasteiger partial charge in [0.05, 0.1) is 0 Å². The topological polar surface area (TPSA) is 63.6 Å². The second-order valence-corrected chi connectivity index (χ2v) is 4.39. The molecule has 0 radical (unpaired) electrons. The molecule has 5 nitrogen and oxygen atoms in total. The van der Waals surface area contributed by atoms with Gasteiger partial charge in [-0.15, -0.1) is 0 Å². The maximum Gasteiger partial charge on any atom is 0.225 e. The summed E-state index contributed by atoms with van der Waals surface area (Å²) in [6.07, 6.45) is 1.36. The molecule has 2 aromatic heterocycles. The van der Waals surface area contributed by atoms with Crippen LogP contribution >= 0.6 is 23.2 Å². The van der Waals surface area contributed by atoms with Crippen molar-refractivity contribution in [3.05, 3.63) is 47.1 Å². The fourth-order valence-corrected chi connectivity index (χ4v) is 1.98. The first kappa shape index (κ1) is 12.1. The van der Waals surface area contributed by atoms with Gasteiger partial charge in [0, 0.05) is 5.69 Å². The van der Waals surface area contributed by atoms with Gasteiger partial charge in [-0.1, -0.05) is 29.8 Å². The smallest absolute Gasteiger partial charge is 0.225 e. The molecule has 1 aromatic carbocycles. The minimum atomic E-state index is 0.0858. The van der Waals surface area contributed by atoms with E-state index in [2.05, 4.69) is 25.3 Å². The number of rotatable bonds is 2. The molecule has 0 aliphatic carbocycles. The van der Waals surface area contributed by atoms with Gasteiger partial charge in [-0.25, -0.2) is 15.0 Å². The van der Waals surface area contributed by atoms with Crippen LogP contribution in [0.25, 0.3) is 11.0 Å². The Balaban J connectivity index is 2.15. The molecule has 0 aliphatic heterocycles. The van der Waals surface area contributed by atoms with E-state index in [4.69, 9.17) is 23.2 Å². The molecule has 1 N–H and O–H groups in total. The van der Waals surface area contributed by atoms with Crippen molar-refractivity contribution in [1.29, 1.82) is 0 Å². The monoisotopic (exact) mass is 291 g/mol. The number of para-hydroxylation sites is 1. The SMILES string of the molecule is Clc1nc(Nc2ccccc2)c2ncnc(Cl)c2n1. The van der Waals surface area contributed by atoms with Crippen molar-refractivity contribution >= 4 is 45.7 Å². The quantitative estimate of drug-likeness (QED) is 0.578. The van der Waals surface area contributed by atoms with Crippen molar-refractivity contribution in [2.45, 2.75) is 0 Å². The molecule has 19 heavy (non-hydrogen) atoms. The molecule has 0 saturated heterocycles. The van der Waals surface area contributed by atoms with Crippen LogP contribution in [0.3, 0.4) is 0 Å². The van der Waals surface area contributed by atoms with E-state index in [0.29, 0.717) is 16.9 Å². The molecule has 0 saturated carbocycles. The van der Waals surface area contributed by atoms with Gasteiger partial charge < -0.3 is 5.32 Å². The molecule has 3 aromatic rings. The minimum absolute atomic E-state index is 0.0858. The first-order valence-corrected chi connectivity index (χ1v) is 6.15. The molecule has 0 unspecified atom stereocenters. The van der Waals surface area contributed by atoms with E-state index in [0.717, 1.165) is 5.69 Å². The lowest BCUT2D eigenvalue weighted by Gasteiger charge is -2.08. The fraction of sp³-hybridized carbons (Fsp3) is 0. The summed E-state index contributed by atoms with van der Waals surface area (Å²) in [4.78, 5) is 16.2. The summed E-state index contributed by atoms with van der Waals surface area (Å²) < 4.78 is 0. The van der Waals surface area contributed by atoms with Gasteiger partial charge in [-0.3, -0.25) is 0 Å². The number of halogens is 2. The number of hydrogen-bond acceptors (Lipinski definition) is 5. The Morgan fingerprint density at radius 1 is 0.895 bits per heavy atom. The van der Waals surface area contributed by atoms with E-state index in [1.54, 1.807) is 0 Å². The molecule has 0 fully saturated rings. The van der Waals surface area contributed by atoms with Crippen molar-refractivity contribution in [3.8, 4) is 0 Å². The highest BCUT2D eigenvalue weighted by Gasteiger charge is 2.11. The van der Waals surface area contributed by atoms with Gasteiger partial charge in [0.2, 0.25) is 5.28 Å². The molecule has 2 heterocycles.